The van der Waals surface area contributed by atoms with Crippen LogP contribution in [0.3, 0.4) is 0 Å². The molecule has 7 nitrogen and oxygen atoms in total. The number of benzene rings is 3. The van der Waals surface area contributed by atoms with Gasteiger partial charge in [-0.15, -0.1) is 0 Å². The van der Waals surface area contributed by atoms with Crippen LogP contribution in [0.4, 0.5) is 0 Å². The van der Waals surface area contributed by atoms with Crippen molar-refractivity contribution in [3.8, 4) is 34.1 Å². The van der Waals surface area contributed by atoms with Crippen LogP contribution in [0.15, 0.2) is 68.5 Å². The van der Waals surface area contributed by atoms with Gasteiger partial charge in [-0.2, -0.15) is 0 Å². The number of carbonyl (C=O) groups is 1. The molecule has 4 aromatic rings. The Balaban J connectivity index is 1.68. The molecule has 0 N–H and O–H groups in total. The van der Waals surface area contributed by atoms with Crippen molar-refractivity contribution in [2.24, 2.45) is 0 Å². The lowest BCUT2D eigenvalue weighted by Crippen LogP contribution is -2.11. The van der Waals surface area contributed by atoms with Crippen molar-refractivity contribution >= 4 is 44.5 Å². The van der Waals surface area contributed by atoms with Crippen molar-refractivity contribution in [3.05, 3.63) is 80.1 Å². The molecule has 0 unspecified atom stereocenters. The summed E-state index contributed by atoms with van der Waals surface area (Å²) >= 11 is 9.29. The highest BCUT2D eigenvalue weighted by atomic mass is 79.9. The molecule has 0 radical (unpaired) electrons. The van der Waals surface area contributed by atoms with Gasteiger partial charge in [0.25, 0.3) is 0 Å². The minimum Gasteiger partial charge on any atom is -0.493 e. The van der Waals surface area contributed by atoms with Crippen molar-refractivity contribution in [3.63, 3.8) is 0 Å². The molecule has 0 bridgehead atoms. The Morgan fingerprint density at radius 2 is 1.65 bits per heavy atom. The average Bonchev–Trinajstić information content (AvgIpc) is 2.84. The third-order valence-corrected chi connectivity index (χ3v) is 6.14. The van der Waals surface area contributed by atoms with E-state index < -0.39 is 5.97 Å². The molecule has 9 heteroatoms. The Kier molecular flexibility index (Phi) is 6.81. The number of methoxy groups -OCH3 is 3. The van der Waals surface area contributed by atoms with E-state index in [-0.39, 0.29) is 28.1 Å². The van der Waals surface area contributed by atoms with Gasteiger partial charge in [0.05, 0.1) is 42.3 Å². The predicted octanol–water partition coefficient (Wildman–Crippen LogP) is 6.12. The van der Waals surface area contributed by atoms with Crippen molar-refractivity contribution < 1.29 is 28.2 Å². The minimum absolute atomic E-state index is 0.161. The summed E-state index contributed by atoms with van der Waals surface area (Å²) in [7, 11) is 4.36. The molecule has 34 heavy (non-hydrogen) atoms. The predicted molar refractivity (Wildman–Crippen MR) is 132 cm³/mol. The molecule has 0 amide bonds. The lowest BCUT2D eigenvalue weighted by atomic mass is 10.1. The molecule has 4 rings (SSSR count). The van der Waals surface area contributed by atoms with Gasteiger partial charge in [-0.25, -0.2) is 4.79 Å². The van der Waals surface area contributed by atoms with Gasteiger partial charge in [0.1, 0.15) is 17.6 Å². The lowest BCUT2D eigenvalue weighted by Gasteiger charge is -2.16. The number of fused-ring (bicyclic) bond motifs is 1. The molecule has 0 spiro atoms. The molecule has 0 aliphatic heterocycles. The fraction of sp³-hybridized carbons (Fsp3) is 0.120. The fourth-order valence-electron chi connectivity index (χ4n) is 3.43. The zero-order valence-electron chi connectivity index (χ0n) is 18.3. The topological polar surface area (TPSA) is 84.2 Å². The van der Waals surface area contributed by atoms with Crippen LogP contribution in [0, 0.1) is 0 Å². The van der Waals surface area contributed by atoms with E-state index in [1.165, 1.54) is 45.8 Å². The summed E-state index contributed by atoms with van der Waals surface area (Å²) in [5.41, 5.74) is 1.30. The minimum atomic E-state index is -0.675. The van der Waals surface area contributed by atoms with Crippen LogP contribution >= 0.6 is 27.5 Å². The van der Waals surface area contributed by atoms with E-state index in [0.717, 1.165) is 0 Å². The van der Waals surface area contributed by atoms with Crippen molar-refractivity contribution in [2.75, 3.05) is 21.3 Å². The molecule has 0 fully saturated rings. The maximum atomic E-state index is 13.0. The van der Waals surface area contributed by atoms with Gasteiger partial charge in [-0.3, -0.25) is 4.79 Å². The normalized spacial score (nSPS) is 10.7. The highest BCUT2D eigenvalue weighted by molar-refractivity contribution is 9.10. The second kappa shape index (κ2) is 9.79. The van der Waals surface area contributed by atoms with E-state index in [2.05, 4.69) is 15.9 Å². The molecule has 174 valence electrons. The highest BCUT2D eigenvalue weighted by Crippen LogP contribution is 2.45. The van der Waals surface area contributed by atoms with Crippen molar-refractivity contribution in [1.82, 2.24) is 0 Å². The quantitative estimate of drug-likeness (QED) is 0.213. The van der Waals surface area contributed by atoms with Crippen LogP contribution in [-0.2, 0) is 0 Å². The first-order valence-electron chi connectivity index (χ1n) is 9.90. The van der Waals surface area contributed by atoms with Gasteiger partial charge in [-0.05, 0) is 51.8 Å². The van der Waals surface area contributed by atoms with Gasteiger partial charge >= 0.3 is 5.97 Å². The molecule has 0 aliphatic rings. The molecule has 1 heterocycles. The number of halogens is 2. The molecule has 0 saturated carbocycles. The van der Waals surface area contributed by atoms with Gasteiger partial charge in [-0.1, -0.05) is 23.7 Å². The van der Waals surface area contributed by atoms with E-state index in [1.807, 2.05) is 0 Å². The zero-order chi connectivity index (χ0) is 24.4. The molecule has 3 aromatic carbocycles. The first-order valence-corrected chi connectivity index (χ1v) is 11.1. The molecule has 0 aliphatic carbocycles. The summed E-state index contributed by atoms with van der Waals surface area (Å²) in [5.74, 6) is 0.435. The largest absolute Gasteiger partial charge is 0.493 e. The summed E-state index contributed by atoms with van der Waals surface area (Å²) in [4.78, 5) is 25.9. The first-order chi connectivity index (χ1) is 16.4. The van der Waals surface area contributed by atoms with Crippen LogP contribution in [0.2, 0.25) is 5.02 Å². The first kappa shape index (κ1) is 23.7. The van der Waals surface area contributed by atoms with Gasteiger partial charge < -0.3 is 23.4 Å². The van der Waals surface area contributed by atoms with Crippen LogP contribution in [0.1, 0.15) is 10.4 Å². The maximum absolute atomic E-state index is 13.0. The summed E-state index contributed by atoms with van der Waals surface area (Å²) in [6.07, 6.45) is 1.37. The number of ether oxygens (including phenoxy) is 4. The number of esters is 1. The SMILES string of the molecule is COc1cc(C(=O)Oc2ccc3c(=O)c(-c4ccc(Cl)cc4)coc3c2)c(Br)c(OC)c1OC. The third-order valence-electron chi connectivity index (χ3n) is 5.10. The Hall–Kier alpha value is -3.49. The Morgan fingerprint density at radius 3 is 2.29 bits per heavy atom. The second-order valence-electron chi connectivity index (χ2n) is 7.04. The Bertz CT molecular complexity index is 1440. The molecule has 0 atom stereocenters. The highest BCUT2D eigenvalue weighted by Gasteiger charge is 2.24. The van der Waals surface area contributed by atoms with Crippen LogP contribution in [0.25, 0.3) is 22.1 Å². The second-order valence-corrected chi connectivity index (χ2v) is 8.27. The van der Waals surface area contributed by atoms with E-state index >= 15 is 0 Å². The standard InChI is InChI=1S/C25H18BrClO7/c1-30-20-11-17(21(26)24(32-3)23(20)31-2)25(29)34-15-8-9-16-19(10-15)33-12-18(22(16)28)13-4-6-14(27)7-5-13/h4-12H,1-3H3. The zero-order valence-corrected chi connectivity index (χ0v) is 20.7. The van der Waals surface area contributed by atoms with Crippen LogP contribution < -0.4 is 24.4 Å². The smallest absolute Gasteiger partial charge is 0.344 e. The monoisotopic (exact) mass is 544 g/mol. The maximum Gasteiger partial charge on any atom is 0.344 e. The van der Waals surface area contributed by atoms with E-state index in [0.29, 0.717) is 37.5 Å². The van der Waals surface area contributed by atoms with Gasteiger partial charge in [0.15, 0.2) is 16.9 Å². The summed E-state index contributed by atoms with van der Waals surface area (Å²) in [6.45, 7) is 0. The summed E-state index contributed by atoms with van der Waals surface area (Å²) < 4.78 is 27.5. The molecular weight excluding hydrogens is 528 g/mol. The number of carbonyl (C=O) groups excluding carboxylic acids is 1. The molecule has 1 aromatic heterocycles. The average molecular weight is 546 g/mol. The number of rotatable bonds is 6. The Morgan fingerprint density at radius 1 is 0.941 bits per heavy atom. The van der Waals surface area contributed by atoms with E-state index in [1.54, 1.807) is 30.3 Å². The third kappa shape index (κ3) is 4.34. The van der Waals surface area contributed by atoms with E-state index in [4.69, 9.17) is 35.0 Å². The van der Waals surface area contributed by atoms with Gasteiger partial charge in [0.2, 0.25) is 5.75 Å². The van der Waals surface area contributed by atoms with Gasteiger partial charge in [0, 0.05) is 11.1 Å². The molecular formula is C25H18BrClO7. The number of hydrogen-bond donors (Lipinski definition) is 0. The molecule has 0 saturated heterocycles. The number of hydrogen-bond acceptors (Lipinski definition) is 7. The summed E-state index contributed by atoms with van der Waals surface area (Å²) in [6, 6.07) is 12.9. The van der Waals surface area contributed by atoms with Crippen molar-refractivity contribution in [2.45, 2.75) is 0 Å². The van der Waals surface area contributed by atoms with Crippen LogP contribution in [0.5, 0.6) is 23.0 Å². The Labute approximate surface area is 207 Å². The van der Waals surface area contributed by atoms with Crippen molar-refractivity contribution in [1.29, 1.82) is 0 Å². The van der Waals surface area contributed by atoms with E-state index in [9.17, 15) is 9.59 Å². The fourth-order valence-corrected chi connectivity index (χ4v) is 4.18. The van der Waals surface area contributed by atoms with Crippen LogP contribution in [-0.4, -0.2) is 27.3 Å². The summed E-state index contributed by atoms with van der Waals surface area (Å²) in [5, 5.41) is 0.917. The lowest BCUT2D eigenvalue weighted by molar-refractivity contribution is 0.0733.